The molecule has 1 aliphatic rings. The van der Waals surface area contributed by atoms with Crippen LogP contribution >= 0.6 is 0 Å². The average molecular weight is 348 g/mol. The van der Waals surface area contributed by atoms with Crippen LogP contribution in [-0.2, 0) is 14.3 Å². The van der Waals surface area contributed by atoms with Gasteiger partial charge in [-0.15, -0.1) is 0 Å². The monoisotopic (exact) mass is 348 g/mol. The lowest BCUT2D eigenvalue weighted by Gasteiger charge is -2.28. The summed E-state index contributed by atoms with van der Waals surface area (Å²) in [6.07, 6.45) is 6.36. The Kier molecular flexibility index (Phi) is 7.76. The van der Waals surface area contributed by atoms with Crippen LogP contribution in [0.1, 0.15) is 62.2 Å². The molecule has 5 heteroatoms. The Labute approximate surface area is 149 Å². The predicted octanol–water partition coefficient (Wildman–Crippen LogP) is 4.14. The fraction of sp³-hybridized carbons (Fsp3) is 0.600. The minimum Gasteiger partial charge on any atom is -0.490 e. The number of benzene rings is 1. The van der Waals surface area contributed by atoms with Gasteiger partial charge in [-0.3, -0.25) is 4.79 Å². The van der Waals surface area contributed by atoms with Crippen LogP contribution in [0.4, 0.5) is 0 Å². The van der Waals surface area contributed by atoms with E-state index in [4.69, 9.17) is 14.2 Å². The van der Waals surface area contributed by atoms with Crippen molar-refractivity contribution >= 4 is 11.9 Å². The largest absolute Gasteiger partial charge is 0.490 e. The molecule has 1 saturated carbocycles. The SMILES string of the molecule is CCCCOC(=O)c1ccc(OC2CCC(CC(=O)OC)CC2)cc1. The van der Waals surface area contributed by atoms with Crippen molar-refractivity contribution in [2.45, 2.75) is 58.0 Å². The Hall–Kier alpha value is -2.04. The average Bonchev–Trinajstić information content (AvgIpc) is 2.64. The number of ether oxygens (including phenoxy) is 3. The summed E-state index contributed by atoms with van der Waals surface area (Å²) in [4.78, 5) is 23.2. The maximum absolute atomic E-state index is 11.9. The standard InChI is InChI=1S/C20H28O5/c1-3-4-13-24-20(22)16-7-11-18(12-8-16)25-17-9-5-15(6-10-17)14-19(21)23-2/h7-8,11-12,15,17H,3-6,9-10,13-14H2,1-2H3. The van der Waals surface area contributed by atoms with Crippen molar-refractivity contribution in [2.24, 2.45) is 5.92 Å². The molecule has 0 atom stereocenters. The third-order valence-electron chi connectivity index (χ3n) is 4.60. The van der Waals surface area contributed by atoms with Crippen LogP contribution in [0.5, 0.6) is 5.75 Å². The molecule has 1 fully saturated rings. The van der Waals surface area contributed by atoms with Crippen molar-refractivity contribution in [1.29, 1.82) is 0 Å². The number of rotatable bonds is 8. The second kappa shape index (κ2) is 10.1. The highest BCUT2D eigenvalue weighted by molar-refractivity contribution is 5.89. The molecule has 0 heterocycles. The maximum Gasteiger partial charge on any atom is 0.338 e. The zero-order valence-electron chi connectivity index (χ0n) is 15.2. The topological polar surface area (TPSA) is 61.8 Å². The van der Waals surface area contributed by atoms with Gasteiger partial charge in [0.15, 0.2) is 0 Å². The predicted molar refractivity (Wildman–Crippen MR) is 94.6 cm³/mol. The van der Waals surface area contributed by atoms with Crippen LogP contribution in [-0.4, -0.2) is 31.8 Å². The van der Waals surface area contributed by atoms with Crippen LogP contribution < -0.4 is 4.74 Å². The van der Waals surface area contributed by atoms with Gasteiger partial charge >= 0.3 is 11.9 Å². The van der Waals surface area contributed by atoms with Gasteiger partial charge in [-0.05, 0) is 62.3 Å². The lowest BCUT2D eigenvalue weighted by atomic mass is 9.85. The Morgan fingerprint density at radius 2 is 1.76 bits per heavy atom. The fourth-order valence-electron chi connectivity index (χ4n) is 3.03. The summed E-state index contributed by atoms with van der Waals surface area (Å²) in [5.41, 5.74) is 0.547. The van der Waals surface area contributed by atoms with Gasteiger partial charge in [0, 0.05) is 6.42 Å². The number of methoxy groups -OCH3 is 1. The number of unbranched alkanes of at least 4 members (excludes halogenated alkanes) is 1. The highest BCUT2D eigenvalue weighted by atomic mass is 16.5. The van der Waals surface area contributed by atoms with Gasteiger partial charge in [-0.2, -0.15) is 0 Å². The van der Waals surface area contributed by atoms with Crippen LogP contribution in [0, 0.1) is 5.92 Å². The van der Waals surface area contributed by atoms with E-state index < -0.39 is 0 Å². The summed E-state index contributed by atoms with van der Waals surface area (Å²) >= 11 is 0. The number of carbonyl (C=O) groups is 2. The molecule has 0 aromatic heterocycles. The van der Waals surface area contributed by atoms with Crippen LogP contribution in [0.15, 0.2) is 24.3 Å². The van der Waals surface area contributed by atoms with Crippen LogP contribution in [0.25, 0.3) is 0 Å². The molecule has 1 aromatic carbocycles. The molecule has 0 bridgehead atoms. The van der Waals surface area contributed by atoms with Crippen molar-refractivity contribution < 1.29 is 23.8 Å². The highest BCUT2D eigenvalue weighted by Gasteiger charge is 2.24. The van der Waals surface area contributed by atoms with Crippen molar-refractivity contribution in [2.75, 3.05) is 13.7 Å². The van der Waals surface area contributed by atoms with Gasteiger partial charge in [0.25, 0.3) is 0 Å². The van der Waals surface area contributed by atoms with Gasteiger partial charge in [-0.1, -0.05) is 13.3 Å². The maximum atomic E-state index is 11.9. The van der Waals surface area contributed by atoms with E-state index in [1.54, 1.807) is 12.1 Å². The minimum absolute atomic E-state index is 0.134. The highest BCUT2D eigenvalue weighted by Crippen LogP contribution is 2.30. The third kappa shape index (κ3) is 6.40. The summed E-state index contributed by atoms with van der Waals surface area (Å²) in [7, 11) is 1.43. The molecular formula is C20H28O5. The van der Waals surface area contributed by atoms with Gasteiger partial charge < -0.3 is 14.2 Å². The quantitative estimate of drug-likeness (QED) is 0.522. The van der Waals surface area contributed by atoms with Crippen LogP contribution in [0.3, 0.4) is 0 Å². The Morgan fingerprint density at radius 3 is 2.36 bits per heavy atom. The van der Waals surface area contributed by atoms with Gasteiger partial charge in [0.05, 0.1) is 25.4 Å². The lowest BCUT2D eigenvalue weighted by Crippen LogP contribution is -2.25. The molecule has 1 aromatic rings. The van der Waals surface area contributed by atoms with Crippen molar-refractivity contribution in [3.8, 4) is 5.75 Å². The fourth-order valence-corrected chi connectivity index (χ4v) is 3.03. The Bertz CT molecular complexity index is 544. The van der Waals surface area contributed by atoms with E-state index in [0.29, 0.717) is 24.5 Å². The lowest BCUT2D eigenvalue weighted by molar-refractivity contribution is -0.142. The van der Waals surface area contributed by atoms with Gasteiger partial charge in [0.2, 0.25) is 0 Å². The van der Waals surface area contributed by atoms with E-state index in [-0.39, 0.29) is 18.0 Å². The molecule has 25 heavy (non-hydrogen) atoms. The van der Waals surface area contributed by atoms with Crippen molar-refractivity contribution in [3.63, 3.8) is 0 Å². The van der Waals surface area contributed by atoms with E-state index in [1.165, 1.54) is 7.11 Å². The molecule has 0 N–H and O–H groups in total. The molecule has 0 saturated heterocycles. The van der Waals surface area contributed by atoms with E-state index in [9.17, 15) is 9.59 Å². The summed E-state index contributed by atoms with van der Waals surface area (Å²) in [5.74, 6) is 0.739. The van der Waals surface area contributed by atoms with E-state index in [0.717, 1.165) is 44.3 Å². The molecule has 2 rings (SSSR count). The molecule has 0 aliphatic heterocycles. The first-order valence-corrected chi connectivity index (χ1v) is 9.13. The molecule has 0 spiro atoms. The first-order chi connectivity index (χ1) is 12.1. The van der Waals surface area contributed by atoms with Gasteiger partial charge in [-0.25, -0.2) is 4.79 Å². The second-order valence-electron chi connectivity index (χ2n) is 6.55. The molecule has 0 unspecified atom stereocenters. The second-order valence-corrected chi connectivity index (χ2v) is 6.55. The molecular weight excluding hydrogens is 320 g/mol. The van der Waals surface area contributed by atoms with Gasteiger partial charge in [0.1, 0.15) is 5.75 Å². The number of hydrogen-bond donors (Lipinski definition) is 0. The zero-order valence-corrected chi connectivity index (χ0v) is 15.2. The summed E-state index contributed by atoms with van der Waals surface area (Å²) in [5, 5.41) is 0. The molecule has 138 valence electrons. The molecule has 1 aliphatic carbocycles. The summed E-state index contributed by atoms with van der Waals surface area (Å²) in [6, 6.07) is 7.12. The smallest absolute Gasteiger partial charge is 0.338 e. The first kappa shape index (κ1) is 19.3. The van der Waals surface area contributed by atoms with E-state index in [2.05, 4.69) is 6.92 Å². The Morgan fingerprint density at radius 1 is 1.08 bits per heavy atom. The van der Waals surface area contributed by atoms with Crippen molar-refractivity contribution in [1.82, 2.24) is 0 Å². The number of carbonyl (C=O) groups excluding carboxylic acids is 2. The van der Waals surface area contributed by atoms with E-state index >= 15 is 0 Å². The molecule has 5 nitrogen and oxygen atoms in total. The number of hydrogen-bond acceptors (Lipinski definition) is 5. The normalized spacial score (nSPS) is 19.9. The first-order valence-electron chi connectivity index (χ1n) is 9.13. The van der Waals surface area contributed by atoms with Crippen molar-refractivity contribution in [3.05, 3.63) is 29.8 Å². The molecule has 0 radical (unpaired) electrons. The Balaban J connectivity index is 1.76. The third-order valence-corrected chi connectivity index (χ3v) is 4.60. The zero-order chi connectivity index (χ0) is 18.1. The number of esters is 2. The minimum atomic E-state index is -0.289. The summed E-state index contributed by atoms with van der Waals surface area (Å²) < 4.78 is 15.9. The summed E-state index contributed by atoms with van der Waals surface area (Å²) in [6.45, 7) is 2.52. The molecule has 0 amide bonds. The van der Waals surface area contributed by atoms with Crippen LogP contribution in [0.2, 0.25) is 0 Å². The van der Waals surface area contributed by atoms with E-state index in [1.807, 2.05) is 12.1 Å².